The van der Waals surface area contributed by atoms with Crippen molar-refractivity contribution < 1.29 is 36.6 Å². The Morgan fingerprint density at radius 1 is 0.977 bits per heavy atom. The highest BCUT2D eigenvalue weighted by Gasteiger charge is 2.35. The van der Waals surface area contributed by atoms with Gasteiger partial charge in [0.15, 0.2) is 11.6 Å². The van der Waals surface area contributed by atoms with Crippen molar-refractivity contribution in [2.45, 2.75) is 38.7 Å². The summed E-state index contributed by atoms with van der Waals surface area (Å²) in [7, 11) is 1.19. The maximum atomic E-state index is 15.4. The van der Waals surface area contributed by atoms with Crippen molar-refractivity contribution in [2.24, 2.45) is 0 Å². The van der Waals surface area contributed by atoms with Crippen molar-refractivity contribution in [1.29, 1.82) is 0 Å². The topological polar surface area (TPSA) is 93.8 Å². The number of nitrogens with zero attached hydrogens (tertiary/aromatic N) is 3. The average molecular weight is 618 g/mol. The zero-order valence-electron chi connectivity index (χ0n) is 23.6. The van der Waals surface area contributed by atoms with Crippen molar-refractivity contribution >= 4 is 6.09 Å². The lowest BCUT2D eigenvalue weighted by Crippen LogP contribution is -2.45. The molecule has 0 spiro atoms. The minimum Gasteiger partial charge on any atom is -0.494 e. The number of benzene rings is 3. The van der Waals surface area contributed by atoms with Crippen molar-refractivity contribution in [1.82, 2.24) is 14.0 Å². The molecule has 4 rings (SSSR count). The van der Waals surface area contributed by atoms with Crippen LogP contribution in [-0.4, -0.2) is 38.9 Å². The first-order valence-electron chi connectivity index (χ1n) is 13.4. The van der Waals surface area contributed by atoms with Crippen LogP contribution in [0.1, 0.15) is 36.1 Å². The molecule has 1 unspecified atom stereocenters. The molecule has 1 N–H and O–H groups in total. The molecule has 0 radical (unpaired) electrons. The summed E-state index contributed by atoms with van der Waals surface area (Å²) in [5.74, 6) is -2.48. The third kappa shape index (κ3) is 6.51. The van der Waals surface area contributed by atoms with Crippen LogP contribution >= 0.6 is 0 Å². The van der Waals surface area contributed by atoms with Gasteiger partial charge in [-0.3, -0.25) is 18.8 Å². The van der Waals surface area contributed by atoms with Crippen LogP contribution in [0.4, 0.5) is 26.7 Å². The Kier molecular flexibility index (Phi) is 9.56. The lowest BCUT2D eigenvalue weighted by molar-refractivity contribution is -0.138. The van der Waals surface area contributed by atoms with Crippen LogP contribution < -0.4 is 16.0 Å². The summed E-state index contributed by atoms with van der Waals surface area (Å²) >= 11 is 0. The molecule has 232 valence electrons. The Morgan fingerprint density at radius 2 is 1.66 bits per heavy atom. The third-order valence-corrected chi connectivity index (χ3v) is 7.09. The van der Waals surface area contributed by atoms with Crippen molar-refractivity contribution in [2.75, 3.05) is 13.7 Å². The highest BCUT2D eigenvalue weighted by molar-refractivity contribution is 5.66. The summed E-state index contributed by atoms with van der Waals surface area (Å²) in [5, 5.41) is 10.0. The molecule has 8 nitrogen and oxygen atoms in total. The van der Waals surface area contributed by atoms with E-state index >= 15 is 4.39 Å². The first-order valence-corrected chi connectivity index (χ1v) is 13.4. The van der Waals surface area contributed by atoms with E-state index in [-0.39, 0.29) is 17.9 Å². The molecule has 0 aliphatic carbocycles. The standard InChI is InChI=1S/C31H28F5N3O5/c1-3-15-38(30(42)43)25(19-9-5-4-6-10-19)18-39-28(40)21(20-11-7-14-26(44-2)27(20)33)16-37(29(39)41)17-22-23(31(34,35)36)12-8-13-24(22)32/h4-14,16,25H,3,15,17-18H2,1-2H3,(H,42,43). The molecule has 13 heteroatoms. The summed E-state index contributed by atoms with van der Waals surface area (Å²) in [6.07, 6.45) is -5.07. The molecule has 0 saturated heterocycles. The maximum Gasteiger partial charge on any atom is 0.416 e. The molecule has 44 heavy (non-hydrogen) atoms. The van der Waals surface area contributed by atoms with E-state index in [2.05, 4.69) is 0 Å². The second kappa shape index (κ2) is 13.1. The first kappa shape index (κ1) is 32.0. The van der Waals surface area contributed by atoms with Gasteiger partial charge < -0.3 is 9.84 Å². The van der Waals surface area contributed by atoms with Crippen LogP contribution in [0.5, 0.6) is 5.75 Å². The van der Waals surface area contributed by atoms with Crippen molar-refractivity contribution in [3.63, 3.8) is 0 Å². The Morgan fingerprint density at radius 3 is 2.27 bits per heavy atom. The van der Waals surface area contributed by atoms with Crippen molar-refractivity contribution in [3.8, 4) is 16.9 Å². The lowest BCUT2D eigenvalue weighted by Gasteiger charge is -2.30. The van der Waals surface area contributed by atoms with Gasteiger partial charge in [-0.15, -0.1) is 0 Å². The Labute approximate surface area is 248 Å². The van der Waals surface area contributed by atoms with E-state index in [1.807, 2.05) is 0 Å². The Hall–Kier alpha value is -4.94. The molecular weight excluding hydrogens is 589 g/mol. The normalized spacial score (nSPS) is 12.2. The number of methoxy groups -OCH3 is 1. The first-order chi connectivity index (χ1) is 20.9. The Balaban J connectivity index is 2.01. The van der Waals surface area contributed by atoms with Gasteiger partial charge in [0.05, 0.1) is 37.4 Å². The van der Waals surface area contributed by atoms with E-state index in [1.165, 1.54) is 25.3 Å². The smallest absolute Gasteiger partial charge is 0.416 e. The van der Waals surface area contributed by atoms with Gasteiger partial charge in [0, 0.05) is 23.9 Å². The SMILES string of the molecule is CCCN(C(=O)O)C(Cn1c(=O)c(-c2cccc(OC)c2F)cn(Cc2c(F)cccc2C(F)(F)F)c1=O)c1ccccc1. The van der Waals surface area contributed by atoms with Crippen LogP contribution in [0.2, 0.25) is 0 Å². The second-order valence-electron chi connectivity index (χ2n) is 9.86. The van der Waals surface area contributed by atoms with Gasteiger partial charge in [0.25, 0.3) is 5.56 Å². The summed E-state index contributed by atoms with van der Waals surface area (Å²) in [4.78, 5) is 41.0. The van der Waals surface area contributed by atoms with E-state index < -0.39 is 71.0 Å². The fourth-order valence-corrected chi connectivity index (χ4v) is 5.00. The molecule has 3 aromatic carbocycles. The van der Waals surface area contributed by atoms with E-state index in [4.69, 9.17) is 4.74 Å². The molecule has 0 aliphatic rings. The number of hydrogen-bond donors (Lipinski definition) is 1. The van der Waals surface area contributed by atoms with Gasteiger partial charge in [-0.05, 0) is 30.2 Å². The second-order valence-corrected chi connectivity index (χ2v) is 9.86. The van der Waals surface area contributed by atoms with Crippen LogP contribution in [0.3, 0.4) is 0 Å². The molecule has 0 aliphatic heterocycles. The van der Waals surface area contributed by atoms with Crippen LogP contribution in [0.15, 0.2) is 82.5 Å². The molecular formula is C31H28F5N3O5. The number of aromatic nitrogens is 2. The summed E-state index contributed by atoms with van der Waals surface area (Å²) in [5.41, 5.74) is -4.74. The molecule has 4 aromatic rings. The maximum absolute atomic E-state index is 15.4. The monoisotopic (exact) mass is 617 g/mol. The highest BCUT2D eigenvalue weighted by atomic mass is 19.4. The fraction of sp³-hybridized carbons (Fsp3) is 0.258. The molecule has 1 amide bonds. The van der Waals surface area contributed by atoms with Gasteiger partial charge in [-0.2, -0.15) is 13.2 Å². The molecule has 0 bridgehead atoms. The number of carboxylic acid groups (broad SMARTS) is 1. The number of hydrogen-bond acceptors (Lipinski definition) is 4. The summed E-state index contributed by atoms with van der Waals surface area (Å²) in [6.45, 7) is 0.214. The molecule has 0 saturated carbocycles. The van der Waals surface area contributed by atoms with Crippen LogP contribution in [-0.2, 0) is 19.3 Å². The van der Waals surface area contributed by atoms with Gasteiger partial charge in [0.2, 0.25) is 0 Å². The summed E-state index contributed by atoms with van der Waals surface area (Å²) in [6, 6.07) is 13.2. The number of rotatable bonds is 10. The van der Waals surface area contributed by atoms with Gasteiger partial charge >= 0.3 is 18.0 Å². The number of carbonyl (C=O) groups is 1. The van der Waals surface area contributed by atoms with E-state index in [1.54, 1.807) is 37.3 Å². The molecule has 1 heterocycles. The number of ether oxygens (including phenoxy) is 1. The van der Waals surface area contributed by atoms with E-state index in [0.29, 0.717) is 27.2 Å². The molecule has 1 atom stereocenters. The highest BCUT2D eigenvalue weighted by Crippen LogP contribution is 2.34. The minimum absolute atomic E-state index is 0.0200. The summed E-state index contributed by atoms with van der Waals surface area (Å²) < 4.78 is 78.0. The van der Waals surface area contributed by atoms with Crippen LogP contribution in [0.25, 0.3) is 11.1 Å². The zero-order valence-corrected chi connectivity index (χ0v) is 23.6. The quantitative estimate of drug-likeness (QED) is 0.215. The van der Waals surface area contributed by atoms with Crippen molar-refractivity contribution in [3.05, 3.63) is 122 Å². The fourth-order valence-electron chi connectivity index (χ4n) is 5.00. The predicted octanol–water partition coefficient (Wildman–Crippen LogP) is 6.16. The zero-order chi connectivity index (χ0) is 32.2. The van der Waals surface area contributed by atoms with Gasteiger partial charge in [-0.25, -0.2) is 18.4 Å². The Bertz CT molecular complexity index is 1770. The van der Waals surface area contributed by atoms with Crippen LogP contribution in [0, 0.1) is 11.6 Å². The number of alkyl halides is 3. The molecule has 0 fully saturated rings. The average Bonchev–Trinajstić information content (AvgIpc) is 2.98. The number of amides is 1. The van der Waals surface area contributed by atoms with Gasteiger partial charge in [-0.1, -0.05) is 55.5 Å². The van der Waals surface area contributed by atoms with E-state index in [0.717, 1.165) is 23.2 Å². The lowest BCUT2D eigenvalue weighted by atomic mass is 10.0. The van der Waals surface area contributed by atoms with Gasteiger partial charge in [0.1, 0.15) is 5.82 Å². The third-order valence-electron chi connectivity index (χ3n) is 7.09. The molecule has 1 aromatic heterocycles. The van der Waals surface area contributed by atoms with E-state index in [9.17, 15) is 37.1 Å². The number of halogens is 5. The minimum atomic E-state index is -4.97. The predicted molar refractivity (Wildman–Crippen MR) is 152 cm³/mol. The largest absolute Gasteiger partial charge is 0.494 e.